The lowest BCUT2D eigenvalue weighted by Crippen LogP contribution is -2.39. The first kappa shape index (κ1) is 14.5. The van der Waals surface area contributed by atoms with Crippen molar-refractivity contribution >= 4 is 11.7 Å². The van der Waals surface area contributed by atoms with Crippen molar-refractivity contribution in [3.8, 4) is 5.69 Å². The van der Waals surface area contributed by atoms with Crippen molar-refractivity contribution in [2.45, 2.75) is 45.1 Å². The molecule has 116 valence electrons. The van der Waals surface area contributed by atoms with Gasteiger partial charge in [-0.3, -0.25) is 0 Å². The molecule has 1 aromatic carbocycles. The van der Waals surface area contributed by atoms with Crippen LogP contribution in [0.4, 0.5) is 10.5 Å². The Bertz CT molecular complexity index is 647. The molecule has 1 fully saturated rings. The highest BCUT2D eigenvalue weighted by molar-refractivity contribution is 5.89. The molecule has 7 nitrogen and oxygen atoms in total. The smallest absolute Gasteiger partial charge is 0.319 e. The quantitative estimate of drug-likeness (QED) is 0.911. The normalized spacial score (nSPS) is 15.5. The fraction of sp³-hybridized carbons (Fsp3) is 0.467. The first-order valence-electron chi connectivity index (χ1n) is 7.65. The molecule has 1 aromatic heterocycles. The molecule has 2 amide bonds. The first-order valence-corrected chi connectivity index (χ1v) is 7.65. The van der Waals surface area contributed by atoms with Crippen molar-refractivity contribution in [2.75, 3.05) is 5.32 Å². The second-order valence-electron chi connectivity index (χ2n) is 5.62. The van der Waals surface area contributed by atoms with E-state index in [0.717, 1.165) is 24.2 Å². The molecule has 0 saturated heterocycles. The molecule has 0 bridgehead atoms. The van der Waals surface area contributed by atoms with Crippen LogP contribution in [-0.4, -0.2) is 32.3 Å². The van der Waals surface area contributed by atoms with E-state index in [2.05, 4.69) is 26.2 Å². The molecule has 0 spiro atoms. The van der Waals surface area contributed by atoms with Crippen LogP contribution >= 0.6 is 0 Å². The van der Waals surface area contributed by atoms with E-state index in [1.165, 1.54) is 19.3 Å². The van der Waals surface area contributed by atoms with Crippen LogP contribution in [-0.2, 0) is 0 Å². The Labute approximate surface area is 129 Å². The molecule has 1 aliphatic rings. The van der Waals surface area contributed by atoms with Gasteiger partial charge in [-0.25, -0.2) is 4.79 Å². The molecule has 0 atom stereocenters. The lowest BCUT2D eigenvalue weighted by molar-refractivity contribution is 0.244. The van der Waals surface area contributed by atoms with Crippen molar-refractivity contribution in [1.82, 2.24) is 25.5 Å². The predicted molar refractivity (Wildman–Crippen MR) is 82.9 cm³/mol. The number of carbonyl (C=O) groups is 1. The van der Waals surface area contributed by atoms with Crippen LogP contribution in [0, 0.1) is 6.92 Å². The molecule has 2 aromatic rings. The van der Waals surface area contributed by atoms with Crippen LogP contribution in [0.1, 0.15) is 37.9 Å². The van der Waals surface area contributed by atoms with Crippen LogP contribution in [0.25, 0.3) is 5.69 Å². The Kier molecular flexibility index (Phi) is 4.32. The summed E-state index contributed by atoms with van der Waals surface area (Å²) in [6.45, 7) is 1.83. The zero-order valence-corrected chi connectivity index (χ0v) is 12.6. The van der Waals surface area contributed by atoms with Gasteiger partial charge in [-0.2, -0.15) is 4.68 Å². The molecule has 0 radical (unpaired) electrons. The highest BCUT2D eigenvalue weighted by atomic mass is 16.2. The van der Waals surface area contributed by atoms with Crippen molar-refractivity contribution < 1.29 is 4.79 Å². The van der Waals surface area contributed by atoms with E-state index in [9.17, 15) is 4.79 Å². The predicted octanol–water partition coefficient (Wildman–Crippen LogP) is 2.42. The molecule has 1 saturated carbocycles. The van der Waals surface area contributed by atoms with E-state index < -0.39 is 0 Å². The maximum Gasteiger partial charge on any atom is 0.319 e. The Hall–Kier alpha value is -2.44. The SMILES string of the molecule is Cc1nnnn1-c1cccc(NC(=O)NC2CCCCC2)c1. The summed E-state index contributed by atoms with van der Waals surface area (Å²) in [4.78, 5) is 12.1. The minimum absolute atomic E-state index is 0.155. The highest BCUT2D eigenvalue weighted by Crippen LogP contribution is 2.18. The number of amides is 2. The number of hydrogen-bond acceptors (Lipinski definition) is 4. The molecule has 7 heteroatoms. The number of tetrazole rings is 1. The largest absolute Gasteiger partial charge is 0.335 e. The number of urea groups is 1. The Morgan fingerprint density at radius 1 is 1.27 bits per heavy atom. The van der Waals surface area contributed by atoms with Gasteiger partial charge in [0.1, 0.15) is 0 Å². The molecule has 1 aliphatic carbocycles. The van der Waals surface area contributed by atoms with E-state index >= 15 is 0 Å². The van der Waals surface area contributed by atoms with Gasteiger partial charge in [0.25, 0.3) is 0 Å². The number of nitrogens with one attached hydrogen (secondary N) is 2. The second kappa shape index (κ2) is 6.55. The summed E-state index contributed by atoms with van der Waals surface area (Å²) in [6, 6.07) is 7.60. The average Bonchev–Trinajstić information content (AvgIpc) is 2.94. The minimum atomic E-state index is -0.155. The van der Waals surface area contributed by atoms with Crippen molar-refractivity contribution in [1.29, 1.82) is 0 Å². The summed E-state index contributed by atoms with van der Waals surface area (Å²) < 4.78 is 1.63. The Balaban J connectivity index is 1.65. The summed E-state index contributed by atoms with van der Waals surface area (Å²) in [5, 5.41) is 17.3. The average molecular weight is 300 g/mol. The first-order chi connectivity index (χ1) is 10.7. The molecular weight excluding hydrogens is 280 g/mol. The maximum atomic E-state index is 12.1. The fourth-order valence-electron chi connectivity index (χ4n) is 2.79. The van der Waals surface area contributed by atoms with Gasteiger partial charge in [-0.15, -0.1) is 5.10 Å². The molecular formula is C15H20N6O. The van der Waals surface area contributed by atoms with Gasteiger partial charge in [-0.1, -0.05) is 25.3 Å². The summed E-state index contributed by atoms with van der Waals surface area (Å²) in [5.41, 5.74) is 1.54. The van der Waals surface area contributed by atoms with E-state index in [-0.39, 0.29) is 6.03 Å². The third-order valence-corrected chi connectivity index (χ3v) is 3.91. The zero-order chi connectivity index (χ0) is 15.4. The van der Waals surface area contributed by atoms with Crippen LogP contribution in [0.3, 0.4) is 0 Å². The summed E-state index contributed by atoms with van der Waals surface area (Å²) in [7, 11) is 0. The van der Waals surface area contributed by atoms with E-state index in [1.807, 2.05) is 31.2 Å². The summed E-state index contributed by atoms with van der Waals surface area (Å²) in [6.07, 6.45) is 5.79. The van der Waals surface area contributed by atoms with Gasteiger partial charge in [0, 0.05) is 11.7 Å². The van der Waals surface area contributed by atoms with Crippen molar-refractivity contribution in [3.63, 3.8) is 0 Å². The highest BCUT2D eigenvalue weighted by Gasteiger charge is 2.15. The third-order valence-electron chi connectivity index (χ3n) is 3.91. The van der Waals surface area contributed by atoms with E-state index in [1.54, 1.807) is 4.68 Å². The van der Waals surface area contributed by atoms with Gasteiger partial charge in [0.2, 0.25) is 0 Å². The number of aryl methyl sites for hydroxylation is 1. The zero-order valence-electron chi connectivity index (χ0n) is 12.6. The van der Waals surface area contributed by atoms with Gasteiger partial charge in [0.15, 0.2) is 5.82 Å². The summed E-state index contributed by atoms with van der Waals surface area (Å²) >= 11 is 0. The number of rotatable bonds is 3. The topological polar surface area (TPSA) is 84.7 Å². The van der Waals surface area contributed by atoms with E-state index in [4.69, 9.17) is 0 Å². The minimum Gasteiger partial charge on any atom is -0.335 e. The number of nitrogens with zero attached hydrogens (tertiary/aromatic N) is 4. The van der Waals surface area contributed by atoms with Gasteiger partial charge < -0.3 is 10.6 Å². The molecule has 22 heavy (non-hydrogen) atoms. The third kappa shape index (κ3) is 3.41. The number of carbonyl (C=O) groups excluding carboxylic acids is 1. The van der Waals surface area contributed by atoms with Gasteiger partial charge >= 0.3 is 6.03 Å². The maximum absolute atomic E-state index is 12.1. The van der Waals surface area contributed by atoms with Crippen LogP contribution < -0.4 is 10.6 Å². The molecule has 1 heterocycles. The second-order valence-corrected chi connectivity index (χ2v) is 5.62. The lowest BCUT2D eigenvalue weighted by Gasteiger charge is -2.22. The van der Waals surface area contributed by atoms with Crippen LogP contribution in [0.15, 0.2) is 24.3 Å². The summed E-state index contributed by atoms with van der Waals surface area (Å²) in [5.74, 6) is 0.698. The molecule has 0 unspecified atom stereocenters. The monoisotopic (exact) mass is 300 g/mol. The van der Waals surface area contributed by atoms with Crippen molar-refractivity contribution in [3.05, 3.63) is 30.1 Å². The molecule has 3 rings (SSSR count). The number of aromatic nitrogens is 4. The lowest BCUT2D eigenvalue weighted by atomic mass is 9.96. The standard InChI is InChI=1S/C15H20N6O/c1-11-18-19-20-21(11)14-9-5-8-13(10-14)17-15(22)16-12-6-3-2-4-7-12/h5,8-10,12H,2-4,6-7H2,1H3,(H2,16,17,22). The van der Waals surface area contributed by atoms with Crippen molar-refractivity contribution in [2.24, 2.45) is 0 Å². The van der Waals surface area contributed by atoms with Gasteiger partial charge in [-0.05, 0) is 48.4 Å². The van der Waals surface area contributed by atoms with Gasteiger partial charge in [0.05, 0.1) is 5.69 Å². The van der Waals surface area contributed by atoms with Crippen LogP contribution in [0.2, 0.25) is 0 Å². The van der Waals surface area contributed by atoms with E-state index in [0.29, 0.717) is 11.9 Å². The number of hydrogen-bond donors (Lipinski definition) is 2. The molecule has 0 aliphatic heterocycles. The number of benzene rings is 1. The fourth-order valence-corrected chi connectivity index (χ4v) is 2.79. The molecule has 2 N–H and O–H groups in total. The Morgan fingerprint density at radius 3 is 2.82 bits per heavy atom. The Morgan fingerprint density at radius 2 is 2.09 bits per heavy atom. The van der Waals surface area contributed by atoms with Crippen LogP contribution in [0.5, 0.6) is 0 Å². The number of anilines is 1.